The minimum absolute atomic E-state index is 0.120. The topological polar surface area (TPSA) is 63.2 Å². The molecule has 112 valence electrons. The van der Waals surface area contributed by atoms with Gasteiger partial charge in [0.25, 0.3) is 5.91 Å². The van der Waals surface area contributed by atoms with Crippen molar-refractivity contribution in [2.75, 3.05) is 0 Å². The molecular formula is C17H15NO3S. The lowest BCUT2D eigenvalue weighted by Crippen LogP contribution is -2.40. The highest BCUT2D eigenvalue weighted by Crippen LogP contribution is 2.09. The molecule has 1 amide bonds. The first kappa shape index (κ1) is 16.0. The second kappa shape index (κ2) is 7.56. The zero-order chi connectivity index (χ0) is 15.9. The molecule has 2 aromatic rings. The quantitative estimate of drug-likeness (QED) is 0.636. The standard InChI is InChI=1S/C17H15NO3S/c19-15(12-7-3-1-4-8-12)11-14(17(21)22)18-16(20)13-9-5-2-6-10-13/h1-10,14H,11H2,(H,18,20)(H,21,22). The molecule has 5 heteroatoms. The maximum absolute atomic E-state index is 12.1. The molecule has 0 radical (unpaired) electrons. The molecule has 2 rings (SSSR count). The molecule has 0 spiro atoms. The molecule has 2 aromatic carbocycles. The largest absolute Gasteiger partial charge is 0.341 e. The van der Waals surface area contributed by atoms with Gasteiger partial charge in [-0.15, -0.1) is 12.6 Å². The van der Waals surface area contributed by atoms with Gasteiger partial charge in [-0.1, -0.05) is 48.5 Å². The number of rotatable bonds is 6. The number of ketones is 1. The first-order chi connectivity index (χ1) is 10.6. The van der Waals surface area contributed by atoms with Gasteiger partial charge in [-0.2, -0.15) is 0 Å². The molecule has 1 unspecified atom stereocenters. The van der Waals surface area contributed by atoms with Crippen LogP contribution in [0.5, 0.6) is 0 Å². The van der Waals surface area contributed by atoms with Crippen molar-refractivity contribution in [3.63, 3.8) is 0 Å². The van der Waals surface area contributed by atoms with Gasteiger partial charge in [0, 0.05) is 17.5 Å². The fourth-order valence-corrected chi connectivity index (χ4v) is 2.11. The lowest BCUT2D eigenvalue weighted by molar-refractivity contribution is -0.112. The van der Waals surface area contributed by atoms with Crippen LogP contribution in [0, 0.1) is 0 Å². The van der Waals surface area contributed by atoms with Crippen molar-refractivity contribution < 1.29 is 14.4 Å². The van der Waals surface area contributed by atoms with Gasteiger partial charge in [0.1, 0.15) is 6.04 Å². The number of benzene rings is 2. The number of hydrogen-bond acceptors (Lipinski definition) is 3. The maximum Gasteiger partial charge on any atom is 0.251 e. The van der Waals surface area contributed by atoms with Gasteiger partial charge in [0.05, 0.1) is 0 Å². The molecular weight excluding hydrogens is 298 g/mol. The van der Waals surface area contributed by atoms with Crippen LogP contribution in [0.2, 0.25) is 0 Å². The molecule has 0 fully saturated rings. The normalized spacial score (nSPS) is 11.5. The van der Waals surface area contributed by atoms with E-state index in [1.54, 1.807) is 60.7 Å². The first-order valence-corrected chi connectivity index (χ1v) is 7.19. The summed E-state index contributed by atoms with van der Waals surface area (Å²) in [5.74, 6) is -0.629. The Balaban J connectivity index is 2.06. The van der Waals surface area contributed by atoms with E-state index in [9.17, 15) is 14.4 Å². The Hall–Kier alpha value is -2.40. The van der Waals surface area contributed by atoms with Crippen molar-refractivity contribution in [2.45, 2.75) is 12.5 Å². The van der Waals surface area contributed by atoms with Gasteiger partial charge in [0.15, 0.2) is 5.78 Å². The Morgan fingerprint density at radius 2 is 1.36 bits per heavy atom. The maximum atomic E-state index is 12.1. The van der Waals surface area contributed by atoms with Crippen LogP contribution in [-0.2, 0) is 4.79 Å². The van der Waals surface area contributed by atoms with E-state index >= 15 is 0 Å². The van der Waals surface area contributed by atoms with E-state index in [1.807, 2.05) is 0 Å². The summed E-state index contributed by atoms with van der Waals surface area (Å²) in [5, 5.41) is 2.00. The van der Waals surface area contributed by atoms with Crippen LogP contribution in [0.25, 0.3) is 0 Å². The lowest BCUT2D eigenvalue weighted by atomic mass is 10.0. The average molecular weight is 313 g/mol. The van der Waals surface area contributed by atoms with Crippen LogP contribution < -0.4 is 5.32 Å². The van der Waals surface area contributed by atoms with E-state index in [2.05, 4.69) is 17.9 Å². The van der Waals surface area contributed by atoms with Crippen LogP contribution in [0.15, 0.2) is 60.7 Å². The van der Waals surface area contributed by atoms with E-state index in [0.717, 1.165) is 0 Å². The zero-order valence-corrected chi connectivity index (χ0v) is 12.6. The molecule has 4 nitrogen and oxygen atoms in total. The highest BCUT2D eigenvalue weighted by Gasteiger charge is 2.22. The third-order valence-electron chi connectivity index (χ3n) is 3.12. The van der Waals surface area contributed by atoms with Gasteiger partial charge < -0.3 is 5.32 Å². The number of amides is 1. The van der Waals surface area contributed by atoms with Crippen LogP contribution in [-0.4, -0.2) is 22.8 Å². The molecule has 0 bridgehead atoms. The molecule has 0 saturated heterocycles. The Bertz CT molecular complexity index is 617. The van der Waals surface area contributed by atoms with Crippen LogP contribution >= 0.6 is 12.6 Å². The molecule has 0 saturated carbocycles. The number of nitrogens with one attached hydrogen (secondary N) is 1. The minimum atomic E-state index is -0.955. The number of Topliss-reactive ketones (excluding diaryl/α,β-unsaturated/α-hetero) is 1. The van der Waals surface area contributed by atoms with Crippen LogP contribution in [0.3, 0.4) is 0 Å². The summed E-state index contributed by atoms with van der Waals surface area (Å²) in [7, 11) is 0. The van der Waals surface area contributed by atoms with E-state index in [1.165, 1.54) is 0 Å². The number of hydrogen-bond donors (Lipinski definition) is 2. The predicted molar refractivity (Wildman–Crippen MR) is 87.1 cm³/mol. The molecule has 22 heavy (non-hydrogen) atoms. The van der Waals surface area contributed by atoms with Crippen molar-refractivity contribution in [1.29, 1.82) is 0 Å². The average Bonchev–Trinajstić information content (AvgIpc) is 2.55. The summed E-state index contributed by atoms with van der Waals surface area (Å²) in [6.07, 6.45) is -0.120. The van der Waals surface area contributed by atoms with Gasteiger partial charge in [0.2, 0.25) is 5.12 Å². The second-order valence-electron chi connectivity index (χ2n) is 4.72. The highest BCUT2D eigenvalue weighted by atomic mass is 32.1. The monoisotopic (exact) mass is 313 g/mol. The predicted octanol–water partition coefficient (Wildman–Crippen LogP) is 2.51. The SMILES string of the molecule is O=C(CC(NC(=O)c1ccccc1)C(=O)S)c1ccccc1. The molecule has 0 aliphatic carbocycles. The van der Waals surface area contributed by atoms with Gasteiger partial charge in [-0.3, -0.25) is 14.4 Å². The van der Waals surface area contributed by atoms with Crippen molar-refractivity contribution >= 4 is 29.4 Å². The Morgan fingerprint density at radius 1 is 0.864 bits per heavy atom. The van der Waals surface area contributed by atoms with Crippen molar-refractivity contribution in [2.24, 2.45) is 0 Å². The lowest BCUT2D eigenvalue weighted by Gasteiger charge is -2.14. The first-order valence-electron chi connectivity index (χ1n) is 6.75. The van der Waals surface area contributed by atoms with Crippen LogP contribution in [0.4, 0.5) is 0 Å². The molecule has 1 atom stereocenters. The molecule has 0 aliphatic rings. The fourth-order valence-electron chi connectivity index (χ4n) is 1.96. The number of thiol groups is 1. The summed E-state index contributed by atoms with van der Waals surface area (Å²) in [6, 6.07) is 16.2. The summed E-state index contributed by atoms with van der Waals surface area (Å²) in [5.41, 5.74) is 0.922. The van der Waals surface area contributed by atoms with E-state index in [4.69, 9.17) is 0 Å². The van der Waals surface area contributed by atoms with E-state index in [-0.39, 0.29) is 12.2 Å². The summed E-state index contributed by atoms with van der Waals surface area (Å²) in [6.45, 7) is 0. The Kier molecular flexibility index (Phi) is 5.49. The number of carbonyl (C=O) groups excluding carboxylic acids is 3. The fraction of sp³-hybridized carbons (Fsp3) is 0.118. The van der Waals surface area contributed by atoms with Gasteiger partial charge in [-0.05, 0) is 12.1 Å². The van der Waals surface area contributed by atoms with Crippen molar-refractivity contribution in [1.82, 2.24) is 5.32 Å². The highest BCUT2D eigenvalue weighted by molar-refractivity contribution is 7.96. The Morgan fingerprint density at radius 3 is 1.86 bits per heavy atom. The zero-order valence-electron chi connectivity index (χ0n) is 11.7. The van der Waals surface area contributed by atoms with Gasteiger partial charge >= 0.3 is 0 Å². The molecule has 0 heterocycles. The number of carbonyl (C=O) groups is 3. The van der Waals surface area contributed by atoms with Crippen molar-refractivity contribution in [3.05, 3.63) is 71.8 Å². The van der Waals surface area contributed by atoms with Crippen LogP contribution in [0.1, 0.15) is 27.1 Å². The summed E-state index contributed by atoms with van der Waals surface area (Å²) < 4.78 is 0. The molecule has 0 aromatic heterocycles. The van der Waals surface area contributed by atoms with Gasteiger partial charge in [-0.25, -0.2) is 0 Å². The Labute approximate surface area is 134 Å². The third-order valence-corrected chi connectivity index (χ3v) is 3.44. The third kappa shape index (κ3) is 4.30. The van der Waals surface area contributed by atoms with E-state index < -0.39 is 17.1 Å². The molecule has 1 N–H and O–H groups in total. The molecule has 0 aliphatic heterocycles. The van der Waals surface area contributed by atoms with E-state index in [0.29, 0.717) is 11.1 Å². The summed E-state index contributed by atoms with van der Waals surface area (Å²) in [4.78, 5) is 35.8. The second-order valence-corrected chi connectivity index (χ2v) is 5.16. The van der Waals surface area contributed by atoms with Crippen molar-refractivity contribution in [3.8, 4) is 0 Å². The minimum Gasteiger partial charge on any atom is -0.341 e. The smallest absolute Gasteiger partial charge is 0.251 e. The summed E-state index contributed by atoms with van der Waals surface area (Å²) >= 11 is 3.76.